The van der Waals surface area contributed by atoms with E-state index in [4.69, 9.17) is 4.74 Å². The van der Waals surface area contributed by atoms with E-state index in [9.17, 15) is 4.79 Å². The molecule has 0 bridgehead atoms. The summed E-state index contributed by atoms with van der Waals surface area (Å²) >= 11 is 1.54. The van der Waals surface area contributed by atoms with E-state index in [1.165, 1.54) is 0 Å². The summed E-state index contributed by atoms with van der Waals surface area (Å²) in [5, 5.41) is 7.01. The van der Waals surface area contributed by atoms with Gasteiger partial charge in [0.05, 0.1) is 18.9 Å². The van der Waals surface area contributed by atoms with Gasteiger partial charge in [-0.3, -0.25) is 14.7 Å². The van der Waals surface area contributed by atoms with Crippen molar-refractivity contribution in [3.63, 3.8) is 0 Å². The van der Waals surface area contributed by atoms with Gasteiger partial charge in [0, 0.05) is 48.2 Å². The lowest BCUT2D eigenvalue weighted by atomic mass is 9.99. The Labute approximate surface area is 139 Å². The normalized spacial score (nSPS) is 27.0. The summed E-state index contributed by atoms with van der Waals surface area (Å²) in [6, 6.07) is 8.35. The zero-order valence-electron chi connectivity index (χ0n) is 12.7. The Balaban J connectivity index is 1.46. The Bertz CT molecular complexity index is 662. The van der Waals surface area contributed by atoms with Crippen molar-refractivity contribution in [1.82, 2.24) is 15.2 Å². The van der Waals surface area contributed by atoms with Crippen molar-refractivity contribution in [3.05, 3.63) is 52.5 Å². The van der Waals surface area contributed by atoms with Crippen LogP contribution >= 0.6 is 11.3 Å². The van der Waals surface area contributed by atoms with Gasteiger partial charge in [-0.15, -0.1) is 0 Å². The third-order valence-electron chi connectivity index (χ3n) is 4.70. The number of ether oxygens (including phenoxy) is 1. The van der Waals surface area contributed by atoms with Crippen LogP contribution in [0.15, 0.2) is 41.2 Å². The molecule has 2 aromatic rings. The van der Waals surface area contributed by atoms with Crippen LogP contribution in [-0.4, -0.2) is 47.6 Å². The van der Waals surface area contributed by atoms with Crippen LogP contribution in [0.2, 0.25) is 0 Å². The Morgan fingerprint density at radius 3 is 3.13 bits per heavy atom. The molecule has 0 aromatic carbocycles. The molecule has 2 aliphatic heterocycles. The zero-order valence-corrected chi connectivity index (χ0v) is 13.5. The predicted molar refractivity (Wildman–Crippen MR) is 88.3 cm³/mol. The number of nitrogens with one attached hydrogen (secondary N) is 1. The van der Waals surface area contributed by atoms with Crippen molar-refractivity contribution >= 4 is 17.2 Å². The van der Waals surface area contributed by atoms with Gasteiger partial charge in [0.15, 0.2) is 0 Å². The summed E-state index contributed by atoms with van der Waals surface area (Å²) < 4.78 is 5.67. The fraction of sp³-hybridized carbons (Fsp3) is 0.412. The number of fused-ring (bicyclic) bond motifs is 1. The van der Waals surface area contributed by atoms with Crippen molar-refractivity contribution < 1.29 is 9.53 Å². The van der Waals surface area contributed by atoms with E-state index >= 15 is 0 Å². The number of carbonyl (C=O) groups is 1. The lowest BCUT2D eigenvalue weighted by molar-refractivity contribution is 0.0915. The Morgan fingerprint density at radius 1 is 1.39 bits per heavy atom. The molecule has 2 saturated heterocycles. The van der Waals surface area contributed by atoms with E-state index in [2.05, 4.69) is 15.2 Å². The van der Waals surface area contributed by atoms with Gasteiger partial charge >= 0.3 is 0 Å². The molecule has 1 N–H and O–H groups in total. The van der Waals surface area contributed by atoms with Gasteiger partial charge in [0.1, 0.15) is 0 Å². The highest BCUT2D eigenvalue weighted by molar-refractivity contribution is 7.08. The van der Waals surface area contributed by atoms with Crippen LogP contribution < -0.4 is 5.32 Å². The standard InChI is InChI=1S/C17H19N3O2S/c21-17(12-4-6-23-11-12)19-15-8-20(16-10-22-9-14(15)16)7-13-3-1-2-5-18-13/h1-6,11,14-16H,7-10H2,(H,19,21)/t14-,15-,16-/m1/s1. The highest BCUT2D eigenvalue weighted by Crippen LogP contribution is 2.31. The Hall–Kier alpha value is -1.76. The quantitative estimate of drug-likeness (QED) is 0.929. The first-order valence-electron chi connectivity index (χ1n) is 7.86. The van der Waals surface area contributed by atoms with Crippen LogP contribution in [0.4, 0.5) is 0 Å². The lowest BCUT2D eigenvalue weighted by Gasteiger charge is -2.21. The molecular weight excluding hydrogens is 310 g/mol. The molecular formula is C17H19N3O2S. The molecule has 6 heteroatoms. The number of pyridine rings is 1. The average Bonchev–Trinajstić information content (AvgIpc) is 3.29. The topological polar surface area (TPSA) is 54.5 Å². The van der Waals surface area contributed by atoms with Crippen molar-refractivity contribution in [2.24, 2.45) is 5.92 Å². The molecule has 0 radical (unpaired) electrons. The van der Waals surface area contributed by atoms with Gasteiger partial charge in [-0.25, -0.2) is 0 Å². The molecule has 5 nitrogen and oxygen atoms in total. The third kappa shape index (κ3) is 3.02. The fourth-order valence-corrected chi connectivity index (χ4v) is 4.16. The number of amides is 1. The summed E-state index contributed by atoms with van der Waals surface area (Å²) in [6.45, 7) is 3.11. The predicted octanol–water partition coefficient (Wildman–Crippen LogP) is 1.77. The van der Waals surface area contributed by atoms with Gasteiger partial charge < -0.3 is 10.1 Å². The van der Waals surface area contributed by atoms with E-state index in [0.29, 0.717) is 12.0 Å². The summed E-state index contributed by atoms with van der Waals surface area (Å²) in [4.78, 5) is 19.1. The smallest absolute Gasteiger partial charge is 0.252 e. The molecule has 1 amide bonds. The van der Waals surface area contributed by atoms with Gasteiger partial charge in [-0.2, -0.15) is 11.3 Å². The van der Waals surface area contributed by atoms with Crippen LogP contribution in [0.25, 0.3) is 0 Å². The number of nitrogens with zero attached hydrogens (tertiary/aromatic N) is 2. The van der Waals surface area contributed by atoms with Crippen molar-refractivity contribution in [2.75, 3.05) is 19.8 Å². The molecule has 0 aliphatic carbocycles. The number of hydrogen-bond acceptors (Lipinski definition) is 5. The molecule has 23 heavy (non-hydrogen) atoms. The van der Waals surface area contributed by atoms with E-state index < -0.39 is 0 Å². The first-order valence-corrected chi connectivity index (χ1v) is 8.80. The molecule has 120 valence electrons. The molecule has 3 atom stereocenters. The van der Waals surface area contributed by atoms with Gasteiger partial charge in [-0.1, -0.05) is 6.07 Å². The number of thiophene rings is 1. The Kier molecular flexibility index (Phi) is 4.11. The lowest BCUT2D eigenvalue weighted by Crippen LogP contribution is -2.41. The highest BCUT2D eigenvalue weighted by atomic mass is 32.1. The fourth-order valence-electron chi connectivity index (χ4n) is 3.52. The van der Waals surface area contributed by atoms with Gasteiger partial charge in [-0.05, 0) is 23.6 Å². The van der Waals surface area contributed by atoms with Crippen LogP contribution in [0, 0.1) is 5.92 Å². The highest BCUT2D eigenvalue weighted by Gasteiger charge is 2.45. The maximum Gasteiger partial charge on any atom is 0.252 e. The minimum absolute atomic E-state index is 0.0154. The van der Waals surface area contributed by atoms with Crippen molar-refractivity contribution in [3.8, 4) is 0 Å². The van der Waals surface area contributed by atoms with Crippen LogP contribution in [0.3, 0.4) is 0 Å². The van der Waals surface area contributed by atoms with Crippen molar-refractivity contribution in [1.29, 1.82) is 0 Å². The van der Waals surface area contributed by atoms with Gasteiger partial charge in [0.25, 0.3) is 5.91 Å². The second-order valence-electron chi connectivity index (χ2n) is 6.11. The van der Waals surface area contributed by atoms with E-state index in [-0.39, 0.29) is 11.9 Å². The van der Waals surface area contributed by atoms with Crippen LogP contribution in [0.5, 0.6) is 0 Å². The van der Waals surface area contributed by atoms with Crippen LogP contribution in [-0.2, 0) is 11.3 Å². The molecule has 2 aliphatic rings. The second-order valence-corrected chi connectivity index (χ2v) is 6.89. The molecule has 4 heterocycles. The summed E-state index contributed by atoms with van der Waals surface area (Å²) in [5.74, 6) is 0.378. The average molecular weight is 329 g/mol. The molecule has 0 unspecified atom stereocenters. The molecule has 0 spiro atoms. The molecule has 4 rings (SSSR count). The second kappa shape index (κ2) is 6.39. The first-order chi connectivity index (χ1) is 11.3. The molecule has 2 aromatic heterocycles. The largest absolute Gasteiger partial charge is 0.379 e. The maximum atomic E-state index is 12.3. The minimum atomic E-state index is 0.0154. The molecule has 0 saturated carbocycles. The van der Waals surface area contributed by atoms with Crippen molar-refractivity contribution in [2.45, 2.75) is 18.6 Å². The summed E-state index contributed by atoms with van der Waals surface area (Å²) in [6.07, 6.45) is 1.82. The number of likely N-dealkylation sites (tertiary alicyclic amines) is 1. The third-order valence-corrected chi connectivity index (χ3v) is 5.38. The number of aromatic nitrogens is 1. The van der Waals surface area contributed by atoms with E-state index in [1.54, 1.807) is 11.3 Å². The van der Waals surface area contributed by atoms with Crippen LogP contribution in [0.1, 0.15) is 16.1 Å². The van der Waals surface area contributed by atoms with E-state index in [0.717, 1.165) is 37.6 Å². The summed E-state index contributed by atoms with van der Waals surface area (Å²) in [7, 11) is 0. The summed E-state index contributed by atoms with van der Waals surface area (Å²) in [5.41, 5.74) is 1.80. The molecule has 2 fully saturated rings. The van der Waals surface area contributed by atoms with E-state index in [1.807, 2.05) is 41.2 Å². The minimum Gasteiger partial charge on any atom is -0.379 e. The first kappa shape index (κ1) is 14.8. The zero-order chi connectivity index (χ0) is 15.6. The Morgan fingerprint density at radius 2 is 2.35 bits per heavy atom. The number of carbonyl (C=O) groups excluding carboxylic acids is 1. The maximum absolute atomic E-state index is 12.3. The number of hydrogen-bond donors (Lipinski definition) is 1. The monoisotopic (exact) mass is 329 g/mol. The SMILES string of the molecule is O=C(N[C@@H]1CN(Cc2ccccn2)[C@@H]2COC[C@@H]21)c1ccsc1. The van der Waals surface area contributed by atoms with Gasteiger partial charge in [0.2, 0.25) is 0 Å². The number of rotatable bonds is 4.